The second-order valence-corrected chi connectivity index (χ2v) is 6.84. The highest BCUT2D eigenvalue weighted by Crippen LogP contribution is 2.24. The lowest BCUT2D eigenvalue weighted by molar-refractivity contribution is 0.0545. The van der Waals surface area contributed by atoms with Gasteiger partial charge < -0.3 is 4.90 Å². The molecule has 0 spiro atoms. The maximum atomic E-state index is 13.1. The number of amides is 1. The first-order chi connectivity index (χ1) is 12.7. The number of carbonyl (C=O) groups is 1. The van der Waals surface area contributed by atoms with E-state index in [4.69, 9.17) is 0 Å². The minimum Gasteiger partial charge on any atom is -0.336 e. The van der Waals surface area contributed by atoms with Gasteiger partial charge in [-0.05, 0) is 36.2 Å². The van der Waals surface area contributed by atoms with Crippen molar-refractivity contribution in [2.45, 2.75) is 18.6 Å². The van der Waals surface area contributed by atoms with Crippen LogP contribution in [0.1, 0.15) is 28.4 Å². The van der Waals surface area contributed by atoms with Gasteiger partial charge >= 0.3 is 0 Å². The van der Waals surface area contributed by atoms with Gasteiger partial charge in [-0.2, -0.15) is 0 Å². The molecule has 6 heteroatoms. The standard InChI is InChI=1S/C20H23FN4O/c21-17-8-6-15(7-9-17)18-14-19(23-22-18)24-10-12-25(13-11-24)20(26)16-4-2-1-3-5-16/h1-9,18-19,22-23H,10-14H2. The lowest BCUT2D eigenvalue weighted by Gasteiger charge is -2.37. The smallest absolute Gasteiger partial charge is 0.253 e. The van der Waals surface area contributed by atoms with E-state index in [1.807, 2.05) is 47.4 Å². The van der Waals surface area contributed by atoms with E-state index in [1.165, 1.54) is 12.1 Å². The summed E-state index contributed by atoms with van der Waals surface area (Å²) in [6.45, 7) is 3.14. The van der Waals surface area contributed by atoms with Gasteiger partial charge in [-0.15, -0.1) is 0 Å². The van der Waals surface area contributed by atoms with Gasteiger partial charge in [-0.3, -0.25) is 9.69 Å². The monoisotopic (exact) mass is 354 g/mol. The van der Waals surface area contributed by atoms with Crippen molar-refractivity contribution < 1.29 is 9.18 Å². The van der Waals surface area contributed by atoms with Gasteiger partial charge in [0.2, 0.25) is 0 Å². The summed E-state index contributed by atoms with van der Waals surface area (Å²) in [6, 6.07) is 16.3. The van der Waals surface area contributed by atoms with E-state index in [9.17, 15) is 9.18 Å². The highest BCUT2D eigenvalue weighted by atomic mass is 19.1. The molecule has 2 aromatic rings. The molecule has 2 fully saturated rings. The van der Waals surface area contributed by atoms with Crippen molar-refractivity contribution in [2.24, 2.45) is 0 Å². The summed E-state index contributed by atoms with van der Waals surface area (Å²) in [5, 5.41) is 0. The van der Waals surface area contributed by atoms with Crippen LogP contribution in [0, 0.1) is 5.82 Å². The quantitative estimate of drug-likeness (QED) is 0.887. The first-order valence-corrected chi connectivity index (χ1v) is 9.05. The molecule has 2 aliphatic heterocycles. The Morgan fingerprint density at radius 3 is 2.31 bits per heavy atom. The average molecular weight is 354 g/mol. The zero-order valence-corrected chi connectivity index (χ0v) is 14.6. The molecule has 0 aromatic heterocycles. The second kappa shape index (κ2) is 7.53. The molecular weight excluding hydrogens is 331 g/mol. The number of rotatable bonds is 3. The van der Waals surface area contributed by atoms with Crippen LogP contribution in [0.15, 0.2) is 54.6 Å². The van der Waals surface area contributed by atoms with E-state index in [-0.39, 0.29) is 23.9 Å². The number of hydrogen-bond donors (Lipinski definition) is 2. The highest BCUT2D eigenvalue weighted by molar-refractivity contribution is 5.94. The van der Waals surface area contributed by atoms with Crippen LogP contribution < -0.4 is 10.9 Å². The van der Waals surface area contributed by atoms with Gasteiger partial charge in [0, 0.05) is 37.8 Å². The van der Waals surface area contributed by atoms with Crippen LogP contribution in [0.2, 0.25) is 0 Å². The highest BCUT2D eigenvalue weighted by Gasteiger charge is 2.32. The minimum absolute atomic E-state index is 0.104. The van der Waals surface area contributed by atoms with E-state index < -0.39 is 0 Å². The fourth-order valence-corrected chi connectivity index (χ4v) is 3.69. The summed E-state index contributed by atoms with van der Waals surface area (Å²) in [6.07, 6.45) is 1.14. The summed E-state index contributed by atoms with van der Waals surface area (Å²) in [5.74, 6) is -0.109. The maximum absolute atomic E-state index is 13.1. The van der Waals surface area contributed by atoms with Gasteiger partial charge in [-0.1, -0.05) is 30.3 Å². The van der Waals surface area contributed by atoms with Gasteiger partial charge in [0.05, 0.1) is 6.17 Å². The van der Waals surface area contributed by atoms with Crippen molar-refractivity contribution in [3.63, 3.8) is 0 Å². The lowest BCUT2D eigenvalue weighted by Crippen LogP contribution is -2.55. The molecule has 0 bridgehead atoms. The average Bonchev–Trinajstić information content (AvgIpc) is 3.19. The number of nitrogens with zero attached hydrogens (tertiary/aromatic N) is 2. The van der Waals surface area contributed by atoms with E-state index in [1.54, 1.807) is 0 Å². The zero-order chi connectivity index (χ0) is 17.9. The lowest BCUT2D eigenvalue weighted by atomic mass is 10.0. The number of piperazine rings is 1. The Balaban J connectivity index is 1.31. The molecule has 4 rings (SSSR count). The molecule has 2 unspecified atom stereocenters. The van der Waals surface area contributed by atoms with Gasteiger partial charge in [0.15, 0.2) is 0 Å². The Hall–Kier alpha value is -2.28. The molecule has 26 heavy (non-hydrogen) atoms. The molecule has 2 saturated heterocycles. The molecule has 2 atom stereocenters. The van der Waals surface area contributed by atoms with Crippen LogP contribution in [0.5, 0.6) is 0 Å². The largest absolute Gasteiger partial charge is 0.336 e. The topological polar surface area (TPSA) is 47.6 Å². The molecule has 2 aromatic carbocycles. The number of benzene rings is 2. The van der Waals surface area contributed by atoms with Crippen LogP contribution in [0.4, 0.5) is 4.39 Å². The SMILES string of the molecule is O=C(c1ccccc1)N1CCN(C2CC(c3ccc(F)cc3)NN2)CC1. The third kappa shape index (κ3) is 3.62. The molecule has 2 aliphatic rings. The van der Waals surface area contributed by atoms with E-state index in [0.717, 1.165) is 43.7 Å². The van der Waals surface area contributed by atoms with Gasteiger partial charge in [0.25, 0.3) is 5.91 Å². The first-order valence-electron chi connectivity index (χ1n) is 9.05. The van der Waals surface area contributed by atoms with Gasteiger partial charge in [0.1, 0.15) is 5.82 Å². The summed E-state index contributed by atoms with van der Waals surface area (Å²) in [7, 11) is 0. The maximum Gasteiger partial charge on any atom is 0.253 e. The predicted octanol–water partition coefficient (Wildman–Crippen LogP) is 2.15. The normalized spacial score (nSPS) is 24.0. The van der Waals surface area contributed by atoms with Gasteiger partial charge in [-0.25, -0.2) is 15.2 Å². The van der Waals surface area contributed by atoms with Crippen molar-refractivity contribution in [3.8, 4) is 0 Å². The third-order valence-corrected chi connectivity index (χ3v) is 5.22. The Morgan fingerprint density at radius 2 is 1.62 bits per heavy atom. The fraction of sp³-hybridized carbons (Fsp3) is 0.350. The van der Waals surface area contributed by atoms with Crippen LogP contribution in [0.3, 0.4) is 0 Å². The molecule has 5 nitrogen and oxygen atoms in total. The van der Waals surface area contributed by atoms with Crippen LogP contribution in [-0.4, -0.2) is 48.1 Å². The Morgan fingerprint density at radius 1 is 0.923 bits per heavy atom. The van der Waals surface area contributed by atoms with Crippen molar-refractivity contribution >= 4 is 5.91 Å². The van der Waals surface area contributed by atoms with E-state index >= 15 is 0 Å². The minimum atomic E-state index is -0.213. The number of halogens is 1. The summed E-state index contributed by atoms with van der Waals surface area (Å²) < 4.78 is 13.1. The first kappa shape index (κ1) is 17.1. The number of hydrogen-bond acceptors (Lipinski definition) is 4. The molecule has 136 valence electrons. The fourth-order valence-electron chi connectivity index (χ4n) is 3.69. The van der Waals surface area contributed by atoms with Crippen LogP contribution in [0.25, 0.3) is 0 Å². The Labute approximate surface area is 152 Å². The summed E-state index contributed by atoms with van der Waals surface area (Å²) in [4.78, 5) is 16.8. The van der Waals surface area contributed by atoms with Crippen LogP contribution in [-0.2, 0) is 0 Å². The van der Waals surface area contributed by atoms with Crippen molar-refractivity contribution in [3.05, 3.63) is 71.5 Å². The molecule has 0 aliphatic carbocycles. The Kier molecular flexibility index (Phi) is 4.97. The Bertz CT molecular complexity index is 744. The van der Waals surface area contributed by atoms with E-state index in [2.05, 4.69) is 15.8 Å². The molecule has 0 radical (unpaired) electrons. The molecular formula is C20H23FN4O. The van der Waals surface area contributed by atoms with Crippen molar-refractivity contribution in [1.82, 2.24) is 20.7 Å². The second-order valence-electron chi connectivity index (χ2n) is 6.84. The number of nitrogens with one attached hydrogen (secondary N) is 2. The van der Waals surface area contributed by atoms with Crippen molar-refractivity contribution in [2.75, 3.05) is 26.2 Å². The summed E-state index contributed by atoms with van der Waals surface area (Å²) >= 11 is 0. The summed E-state index contributed by atoms with van der Waals surface area (Å²) in [5.41, 5.74) is 8.48. The molecule has 2 heterocycles. The number of hydrazine groups is 1. The molecule has 2 N–H and O–H groups in total. The van der Waals surface area contributed by atoms with Crippen LogP contribution >= 0.6 is 0 Å². The molecule has 1 amide bonds. The predicted molar refractivity (Wildman–Crippen MR) is 97.7 cm³/mol. The van der Waals surface area contributed by atoms with E-state index in [0.29, 0.717) is 0 Å². The van der Waals surface area contributed by atoms with Crippen molar-refractivity contribution in [1.29, 1.82) is 0 Å². The zero-order valence-electron chi connectivity index (χ0n) is 14.6. The number of carbonyl (C=O) groups excluding carboxylic acids is 1. The molecule has 0 saturated carbocycles. The third-order valence-electron chi connectivity index (χ3n) is 5.22.